The summed E-state index contributed by atoms with van der Waals surface area (Å²) in [7, 11) is 1.82. The Bertz CT molecular complexity index is 427. The quantitative estimate of drug-likeness (QED) is 0.468. The van der Waals surface area contributed by atoms with Crippen LogP contribution in [0, 0.1) is 11.8 Å². The Morgan fingerprint density at radius 3 is 2.75 bits per heavy atom. The smallest absolute Gasteiger partial charge is 0.310 e. The van der Waals surface area contributed by atoms with Crippen molar-refractivity contribution in [3.63, 3.8) is 0 Å². The molecule has 6 heteroatoms. The van der Waals surface area contributed by atoms with Gasteiger partial charge >= 0.3 is 5.97 Å². The Kier molecular flexibility index (Phi) is 7.82. The summed E-state index contributed by atoms with van der Waals surface area (Å²) in [5.41, 5.74) is 0. The molecule has 24 heavy (non-hydrogen) atoms. The van der Waals surface area contributed by atoms with E-state index in [0.29, 0.717) is 13.2 Å². The number of nitrogens with zero attached hydrogens (tertiary/aromatic N) is 3. The molecule has 2 atom stereocenters. The Hall–Kier alpha value is -1.30. The number of guanidine groups is 1. The number of carbonyl (C=O) groups excluding carboxylic acids is 1. The standard InChI is InChI=1S/C18H34N4O2/c1-4-24-17(23)16-8-6-11-22(14-16)18(19-3)20-9-12-21-10-5-7-15(2)13-21/h15-16H,4-14H2,1-3H3,(H,19,20). The summed E-state index contributed by atoms with van der Waals surface area (Å²) in [6.45, 7) is 10.7. The zero-order chi connectivity index (χ0) is 17.4. The van der Waals surface area contributed by atoms with E-state index in [1.54, 1.807) is 0 Å². The van der Waals surface area contributed by atoms with E-state index in [2.05, 4.69) is 27.0 Å². The molecule has 0 aliphatic carbocycles. The molecule has 0 aromatic carbocycles. The molecule has 138 valence electrons. The minimum Gasteiger partial charge on any atom is -0.466 e. The van der Waals surface area contributed by atoms with Gasteiger partial charge in [-0.15, -0.1) is 0 Å². The number of esters is 1. The number of ether oxygens (including phenoxy) is 1. The molecule has 2 saturated heterocycles. The predicted octanol–water partition coefficient (Wildman–Crippen LogP) is 1.57. The van der Waals surface area contributed by atoms with Crippen molar-refractivity contribution >= 4 is 11.9 Å². The van der Waals surface area contributed by atoms with Crippen LogP contribution in [0.5, 0.6) is 0 Å². The lowest BCUT2D eigenvalue weighted by atomic mass is 9.98. The Balaban J connectivity index is 1.77. The Labute approximate surface area is 146 Å². The van der Waals surface area contributed by atoms with E-state index in [9.17, 15) is 4.79 Å². The zero-order valence-corrected chi connectivity index (χ0v) is 15.6. The van der Waals surface area contributed by atoms with Gasteiger partial charge < -0.3 is 19.9 Å². The highest BCUT2D eigenvalue weighted by Gasteiger charge is 2.28. The van der Waals surface area contributed by atoms with Crippen LogP contribution in [0.3, 0.4) is 0 Å². The van der Waals surface area contributed by atoms with E-state index in [4.69, 9.17) is 4.74 Å². The van der Waals surface area contributed by atoms with Gasteiger partial charge in [-0.3, -0.25) is 9.79 Å². The summed E-state index contributed by atoms with van der Waals surface area (Å²) >= 11 is 0. The second-order valence-electron chi connectivity index (χ2n) is 7.06. The fourth-order valence-electron chi connectivity index (χ4n) is 3.77. The molecule has 2 aliphatic heterocycles. The number of hydrogen-bond acceptors (Lipinski definition) is 4. The van der Waals surface area contributed by atoms with Gasteiger partial charge in [0.25, 0.3) is 0 Å². The molecule has 0 radical (unpaired) electrons. The van der Waals surface area contributed by atoms with Crippen LogP contribution >= 0.6 is 0 Å². The molecule has 2 heterocycles. The van der Waals surface area contributed by atoms with Crippen LogP contribution in [-0.4, -0.2) is 74.7 Å². The normalized spacial score (nSPS) is 26.3. The maximum atomic E-state index is 12.0. The number of hydrogen-bond donors (Lipinski definition) is 1. The van der Waals surface area contributed by atoms with Gasteiger partial charge in [-0.05, 0) is 45.1 Å². The van der Waals surface area contributed by atoms with E-state index in [0.717, 1.165) is 44.4 Å². The molecule has 2 fully saturated rings. The predicted molar refractivity (Wildman–Crippen MR) is 97.1 cm³/mol. The van der Waals surface area contributed by atoms with Gasteiger partial charge in [0.2, 0.25) is 0 Å². The van der Waals surface area contributed by atoms with E-state index in [1.165, 1.54) is 25.9 Å². The number of piperidine rings is 2. The first-order chi connectivity index (χ1) is 11.6. The highest BCUT2D eigenvalue weighted by molar-refractivity contribution is 5.81. The molecule has 6 nitrogen and oxygen atoms in total. The molecular formula is C18H34N4O2. The molecule has 0 saturated carbocycles. The molecular weight excluding hydrogens is 304 g/mol. The molecule has 0 amide bonds. The third-order valence-corrected chi connectivity index (χ3v) is 5.00. The van der Waals surface area contributed by atoms with Crippen LogP contribution in [0.4, 0.5) is 0 Å². The van der Waals surface area contributed by atoms with Crippen molar-refractivity contribution in [2.75, 3.05) is 52.9 Å². The molecule has 0 aromatic heterocycles. The Morgan fingerprint density at radius 1 is 1.25 bits per heavy atom. The van der Waals surface area contributed by atoms with Gasteiger partial charge in [0.15, 0.2) is 5.96 Å². The van der Waals surface area contributed by atoms with Crippen LogP contribution in [-0.2, 0) is 9.53 Å². The van der Waals surface area contributed by atoms with Crippen molar-refractivity contribution in [2.24, 2.45) is 16.8 Å². The lowest BCUT2D eigenvalue weighted by molar-refractivity contribution is -0.149. The summed E-state index contributed by atoms with van der Waals surface area (Å²) in [6, 6.07) is 0. The minimum absolute atomic E-state index is 0.0276. The number of aliphatic imine (C=N–C) groups is 1. The first kappa shape index (κ1) is 19.0. The summed E-state index contributed by atoms with van der Waals surface area (Å²) < 4.78 is 5.18. The molecule has 0 aromatic rings. The van der Waals surface area contributed by atoms with Crippen molar-refractivity contribution in [1.29, 1.82) is 0 Å². The summed E-state index contributed by atoms with van der Waals surface area (Å²) in [5, 5.41) is 3.47. The highest BCUT2D eigenvalue weighted by atomic mass is 16.5. The lowest BCUT2D eigenvalue weighted by Crippen LogP contribution is -2.50. The average Bonchev–Trinajstić information content (AvgIpc) is 2.59. The van der Waals surface area contributed by atoms with Gasteiger partial charge in [-0.1, -0.05) is 6.92 Å². The topological polar surface area (TPSA) is 57.2 Å². The summed E-state index contributed by atoms with van der Waals surface area (Å²) in [4.78, 5) is 21.1. The maximum Gasteiger partial charge on any atom is 0.310 e. The van der Waals surface area contributed by atoms with E-state index >= 15 is 0 Å². The van der Waals surface area contributed by atoms with E-state index in [-0.39, 0.29) is 11.9 Å². The van der Waals surface area contributed by atoms with Crippen molar-refractivity contribution in [2.45, 2.75) is 39.5 Å². The van der Waals surface area contributed by atoms with Gasteiger partial charge in [-0.2, -0.15) is 0 Å². The Morgan fingerprint density at radius 2 is 2.04 bits per heavy atom. The molecule has 2 rings (SSSR count). The van der Waals surface area contributed by atoms with Crippen LogP contribution in [0.1, 0.15) is 39.5 Å². The third-order valence-electron chi connectivity index (χ3n) is 5.00. The second kappa shape index (κ2) is 9.87. The maximum absolute atomic E-state index is 12.0. The zero-order valence-electron chi connectivity index (χ0n) is 15.6. The van der Waals surface area contributed by atoms with Crippen molar-refractivity contribution in [1.82, 2.24) is 15.1 Å². The van der Waals surface area contributed by atoms with Gasteiger partial charge in [0.05, 0.1) is 12.5 Å². The molecule has 0 bridgehead atoms. The summed E-state index contributed by atoms with van der Waals surface area (Å²) in [6.07, 6.45) is 4.59. The van der Waals surface area contributed by atoms with Gasteiger partial charge in [0.1, 0.15) is 0 Å². The van der Waals surface area contributed by atoms with Crippen molar-refractivity contribution < 1.29 is 9.53 Å². The number of nitrogens with one attached hydrogen (secondary N) is 1. The van der Waals surface area contributed by atoms with Crippen LogP contribution in [0.2, 0.25) is 0 Å². The monoisotopic (exact) mass is 338 g/mol. The van der Waals surface area contributed by atoms with Crippen LogP contribution in [0.25, 0.3) is 0 Å². The van der Waals surface area contributed by atoms with Crippen molar-refractivity contribution in [3.8, 4) is 0 Å². The lowest BCUT2D eigenvalue weighted by Gasteiger charge is -2.35. The number of likely N-dealkylation sites (tertiary alicyclic amines) is 2. The fraction of sp³-hybridized carbons (Fsp3) is 0.889. The number of carbonyl (C=O) groups is 1. The minimum atomic E-state index is -0.0695. The average molecular weight is 338 g/mol. The van der Waals surface area contributed by atoms with E-state index in [1.807, 2.05) is 14.0 Å². The van der Waals surface area contributed by atoms with Crippen LogP contribution in [0.15, 0.2) is 4.99 Å². The molecule has 2 aliphatic rings. The van der Waals surface area contributed by atoms with E-state index < -0.39 is 0 Å². The van der Waals surface area contributed by atoms with Crippen LogP contribution < -0.4 is 5.32 Å². The number of rotatable bonds is 5. The summed E-state index contributed by atoms with van der Waals surface area (Å²) in [5.74, 6) is 1.62. The molecule has 1 N–H and O–H groups in total. The van der Waals surface area contributed by atoms with Crippen molar-refractivity contribution in [3.05, 3.63) is 0 Å². The third kappa shape index (κ3) is 5.65. The van der Waals surface area contributed by atoms with Gasteiger partial charge in [-0.25, -0.2) is 0 Å². The first-order valence-electron chi connectivity index (χ1n) is 9.48. The second-order valence-corrected chi connectivity index (χ2v) is 7.06. The first-order valence-corrected chi connectivity index (χ1v) is 9.48. The highest BCUT2D eigenvalue weighted by Crippen LogP contribution is 2.18. The molecule has 2 unspecified atom stereocenters. The molecule has 0 spiro atoms. The SMILES string of the molecule is CCOC(=O)C1CCCN(C(=NC)NCCN2CCCC(C)C2)C1. The van der Waals surface area contributed by atoms with Gasteiger partial charge in [0, 0.05) is 39.8 Å². The largest absolute Gasteiger partial charge is 0.466 e. The fourth-order valence-corrected chi connectivity index (χ4v) is 3.77.